The molecule has 0 aliphatic rings. The van der Waals surface area contributed by atoms with E-state index in [1.54, 1.807) is 17.5 Å². The quantitative estimate of drug-likeness (QED) is 0.790. The van der Waals surface area contributed by atoms with Gasteiger partial charge in [0.1, 0.15) is 17.4 Å². The number of nitrogens with zero attached hydrogens (tertiary/aromatic N) is 1. The molecule has 2 aromatic rings. The fraction of sp³-hybridized carbons (Fsp3) is 0.250. The van der Waals surface area contributed by atoms with Crippen molar-refractivity contribution in [1.29, 1.82) is 0 Å². The molecule has 2 rings (SSSR count). The lowest BCUT2D eigenvalue weighted by atomic mass is 10.1. The van der Waals surface area contributed by atoms with Crippen molar-refractivity contribution in [2.45, 2.75) is 20.5 Å². The number of benzene rings is 1. The molecule has 0 atom stereocenters. The van der Waals surface area contributed by atoms with Crippen LogP contribution >= 0.6 is 11.3 Å². The molecule has 2 nitrogen and oxygen atoms in total. The third kappa shape index (κ3) is 2.36. The van der Waals surface area contributed by atoms with Crippen molar-refractivity contribution in [2.75, 3.05) is 0 Å². The van der Waals surface area contributed by atoms with E-state index in [1.807, 2.05) is 11.4 Å². The van der Waals surface area contributed by atoms with Crippen molar-refractivity contribution < 1.29 is 4.74 Å². The SMILES string of the molecule is Cc1cccc(C)c1OCc1nccs1. The van der Waals surface area contributed by atoms with Gasteiger partial charge in [0.25, 0.3) is 0 Å². The lowest BCUT2D eigenvalue weighted by Gasteiger charge is -2.10. The first kappa shape index (κ1) is 10.2. The maximum absolute atomic E-state index is 5.76. The average molecular weight is 219 g/mol. The molecule has 3 heteroatoms. The fourth-order valence-electron chi connectivity index (χ4n) is 1.48. The predicted molar refractivity (Wildman–Crippen MR) is 62.4 cm³/mol. The number of rotatable bonds is 3. The van der Waals surface area contributed by atoms with Crippen LogP contribution in [0.1, 0.15) is 16.1 Å². The zero-order chi connectivity index (χ0) is 10.7. The van der Waals surface area contributed by atoms with Gasteiger partial charge in [0.2, 0.25) is 0 Å². The van der Waals surface area contributed by atoms with Crippen LogP contribution in [0.3, 0.4) is 0 Å². The fourth-order valence-corrected chi connectivity index (χ4v) is 2.01. The van der Waals surface area contributed by atoms with Crippen LogP contribution in [0.25, 0.3) is 0 Å². The van der Waals surface area contributed by atoms with Crippen LogP contribution in [0.2, 0.25) is 0 Å². The molecular weight excluding hydrogens is 206 g/mol. The number of ether oxygens (including phenoxy) is 1. The van der Waals surface area contributed by atoms with Crippen molar-refractivity contribution in [2.24, 2.45) is 0 Å². The summed E-state index contributed by atoms with van der Waals surface area (Å²) >= 11 is 1.62. The van der Waals surface area contributed by atoms with Gasteiger partial charge >= 0.3 is 0 Å². The first-order chi connectivity index (χ1) is 7.27. The first-order valence-corrected chi connectivity index (χ1v) is 5.72. The van der Waals surface area contributed by atoms with Crippen LogP contribution in [0, 0.1) is 13.8 Å². The molecule has 0 fully saturated rings. The molecule has 78 valence electrons. The number of aromatic nitrogens is 1. The molecule has 0 spiro atoms. The van der Waals surface area contributed by atoms with Crippen LogP contribution < -0.4 is 4.74 Å². The molecule has 1 aromatic carbocycles. The average Bonchev–Trinajstić information content (AvgIpc) is 2.70. The van der Waals surface area contributed by atoms with E-state index in [0.29, 0.717) is 6.61 Å². The second-order valence-electron chi connectivity index (χ2n) is 3.44. The Morgan fingerprint density at radius 3 is 2.60 bits per heavy atom. The second-order valence-corrected chi connectivity index (χ2v) is 4.41. The van der Waals surface area contributed by atoms with Gasteiger partial charge in [0.05, 0.1) is 0 Å². The van der Waals surface area contributed by atoms with Crippen molar-refractivity contribution in [3.8, 4) is 5.75 Å². The molecule has 0 amide bonds. The summed E-state index contributed by atoms with van der Waals surface area (Å²) in [6.45, 7) is 4.68. The Morgan fingerprint density at radius 2 is 2.00 bits per heavy atom. The van der Waals surface area contributed by atoms with E-state index < -0.39 is 0 Å². The van der Waals surface area contributed by atoms with Gasteiger partial charge in [0.15, 0.2) is 0 Å². The Bertz CT molecular complexity index is 417. The summed E-state index contributed by atoms with van der Waals surface area (Å²) in [4.78, 5) is 4.18. The van der Waals surface area contributed by atoms with E-state index >= 15 is 0 Å². The third-order valence-corrected chi connectivity index (χ3v) is 2.99. The number of para-hydroxylation sites is 1. The van der Waals surface area contributed by atoms with Gasteiger partial charge in [-0.15, -0.1) is 11.3 Å². The van der Waals surface area contributed by atoms with E-state index in [0.717, 1.165) is 10.8 Å². The minimum atomic E-state index is 0.559. The summed E-state index contributed by atoms with van der Waals surface area (Å²) in [5.74, 6) is 0.979. The van der Waals surface area contributed by atoms with Gasteiger partial charge in [-0.2, -0.15) is 0 Å². The van der Waals surface area contributed by atoms with Crippen LogP contribution in [-0.4, -0.2) is 4.98 Å². The lowest BCUT2D eigenvalue weighted by molar-refractivity contribution is 0.301. The van der Waals surface area contributed by atoms with Gasteiger partial charge in [-0.05, 0) is 25.0 Å². The molecule has 0 unspecified atom stereocenters. The van der Waals surface area contributed by atoms with Crippen molar-refractivity contribution in [3.05, 3.63) is 45.9 Å². The zero-order valence-electron chi connectivity index (χ0n) is 8.86. The minimum absolute atomic E-state index is 0.559. The molecule has 1 heterocycles. The number of hydrogen-bond acceptors (Lipinski definition) is 3. The Kier molecular flexibility index (Phi) is 3.02. The topological polar surface area (TPSA) is 22.1 Å². The lowest BCUT2D eigenvalue weighted by Crippen LogP contribution is -1.98. The normalized spacial score (nSPS) is 10.3. The zero-order valence-corrected chi connectivity index (χ0v) is 9.67. The molecule has 15 heavy (non-hydrogen) atoms. The van der Waals surface area contributed by atoms with Gasteiger partial charge in [0, 0.05) is 11.6 Å². The van der Waals surface area contributed by atoms with E-state index in [4.69, 9.17) is 4.74 Å². The molecule has 0 radical (unpaired) electrons. The summed E-state index contributed by atoms with van der Waals surface area (Å²) < 4.78 is 5.76. The number of thiazole rings is 1. The van der Waals surface area contributed by atoms with Crippen LogP contribution in [0.4, 0.5) is 0 Å². The maximum atomic E-state index is 5.76. The monoisotopic (exact) mass is 219 g/mol. The molecule has 0 saturated heterocycles. The van der Waals surface area contributed by atoms with Crippen molar-refractivity contribution in [3.63, 3.8) is 0 Å². The summed E-state index contributed by atoms with van der Waals surface area (Å²) in [5.41, 5.74) is 2.35. The Morgan fingerprint density at radius 1 is 1.27 bits per heavy atom. The van der Waals surface area contributed by atoms with Crippen molar-refractivity contribution >= 4 is 11.3 Å². The summed E-state index contributed by atoms with van der Waals surface area (Å²) in [6, 6.07) is 6.16. The number of aryl methyl sites for hydroxylation is 2. The highest BCUT2D eigenvalue weighted by Crippen LogP contribution is 2.23. The molecule has 1 aromatic heterocycles. The molecule has 0 bridgehead atoms. The van der Waals surface area contributed by atoms with Gasteiger partial charge in [-0.3, -0.25) is 0 Å². The highest BCUT2D eigenvalue weighted by atomic mass is 32.1. The summed E-state index contributed by atoms with van der Waals surface area (Å²) in [7, 11) is 0. The predicted octanol–water partition coefficient (Wildman–Crippen LogP) is 3.34. The van der Waals surface area contributed by atoms with E-state index in [9.17, 15) is 0 Å². The van der Waals surface area contributed by atoms with Crippen molar-refractivity contribution in [1.82, 2.24) is 4.98 Å². The highest BCUT2D eigenvalue weighted by molar-refractivity contribution is 7.09. The van der Waals surface area contributed by atoms with Gasteiger partial charge in [-0.1, -0.05) is 18.2 Å². The molecule has 0 aliphatic heterocycles. The van der Waals surface area contributed by atoms with Crippen LogP contribution in [0.5, 0.6) is 5.75 Å². The van der Waals surface area contributed by atoms with Gasteiger partial charge in [-0.25, -0.2) is 4.98 Å². The molecule has 0 saturated carbocycles. The largest absolute Gasteiger partial charge is 0.486 e. The summed E-state index contributed by atoms with van der Waals surface area (Å²) in [5, 5.41) is 2.97. The second kappa shape index (κ2) is 4.45. The molecule has 0 N–H and O–H groups in total. The summed E-state index contributed by atoms with van der Waals surface area (Å²) in [6.07, 6.45) is 1.80. The standard InChI is InChI=1S/C12H13NOS/c1-9-4-3-5-10(2)12(9)14-8-11-13-6-7-15-11/h3-7H,8H2,1-2H3. The number of hydrogen-bond donors (Lipinski definition) is 0. The van der Waals surface area contributed by atoms with E-state index in [2.05, 4.69) is 31.0 Å². The molecule has 0 aliphatic carbocycles. The Labute approximate surface area is 93.6 Å². The smallest absolute Gasteiger partial charge is 0.140 e. The van der Waals surface area contributed by atoms with E-state index in [-0.39, 0.29) is 0 Å². The van der Waals surface area contributed by atoms with Crippen LogP contribution in [-0.2, 0) is 6.61 Å². The first-order valence-electron chi connectivity index (χ1n) is 4.85. The minimum Gasteiger partial charge on any atom is -0.486 e. The maximum Gasteiger partial charge on any atom is 0.140 e. The van der Waals surface area contributed by atoms with Gasteiger partial charge < -0.3 is 4.74 Å². The Hall–Kier alpha value is -1.35. The van der Waals surface area contributed by atoms with E-state index in [1.165, 1.54) is 11.1 Å². The third-order valence-electron chi connectivity index (χ3n) is 2.23. The van der Waals surface area contributed by atoms with Crippen LogP contribution in [0.15, 0.2) is 29.8 Å². The molecular formula is C12H13NOS. The Balaban J connectivity index is 2.11. The highest BCUT2D eigenvalue weighted by Gasteiger charge is 2.04.